The average Bonchev–Trinajstić information content (AvgIpc) is 2.92. The molecule has 3 heteroatoms. The van der Waals surface area contributed by atoms with E-state index in [1.807, 2.05) is 12.1 Å². The predicted molar refractivity (Wildman–Crippen MR) is 116 cm³/mol. The topological polar surface area (TPSA) is 44.8 Å². The maximum atomic E-state index is 11.0. The smallest absolute Gasteiger partial charge is 0.230 e. The van der Waals surface area contributed by atoms with E-state index in [1.54, 1.807) is 0 Å². The monoisotopic (exact) mass is 389 g/mol. The molecule has 0 bridgehead atoms. The molecule has 2 aromatic rings. The number of nitrogens with zero attached hydrogens (tertiary/aromatic N) is 1. The summed E-state index contributed by atoms with van der Waals surface area (Å²) in [6.45, 7) is 9.91. The van der Waals surface area contributed by atoms with Gasteiger partial charge in [0.2, 0.25) is 6.04 Å². The highest BCUT2D eigenvalue weighted by Crippen LogP contribution is 2.46. The van der Waals surface area contributed by atoms with Crippen LogP contribution < -0.4 is 0 Å². The fraction of sp³-hybridized carbons (Fsp3) is 0.500. The normalized spacial score (nSPS) is 29.1. The van der Waals surface area contributed by atoms with Crippen LogP contribution in [0.3, 0.4) is 0 Å². The van der Waals surface area contributed by atoms with Crippen LogP contribution in [-0.4, -0.2) is 22.4 Å². The minimum Gasteiger partial charge on any atom is -0.392 e. The molecule has 2 aliphatic carbocycles. The summed E-state index contributed by atoms with van der Waals surface area (Å²) in [6.07, 6.45) is 5.30. The lowest BCUT2D eigenvalue weighted by molar-refractivity contribution is 0.153. The Bertz CT molecular complexity index is 900. The van der Waals surface area contributed by atoms with Gasteiger partial charge in [0, 0.05) is 18.3 Å². The van der Waals surface area contributed by atoms with Crippen molar-refractivity contribution in [2.45, 2.75) is 76.0 Å². The van der Waals surface area contributed by atoms with E-state index in [0.717, 1.165) is 44.1 Å². The highest BCUT2D eigenvalue weighted by Gasteiger charge is 2.48. The Balaban J connectivity index is 1.73. The van der Waals surface area contributed by atoms with Crippen LogP contribution >= 0.6 is 0 Å². The second kappa shape index (κ2) is 8.69. The number of hydrogen-bond donors (Lipinski definition) is 2. The molecule has 29 heavy (non-hydrogen) atoms. The van der Waals surface area contributed by atoms with Crippen LogP contribution in [0.4, 0.5) is 0 Å². The van der Waals surface area contributed by atoms with E-state index in [-0.39, 0.29) is 17.9 Å². The van der Waals surface area contributed by atoms with Crippen LogP contribution in [0.1, 0.15) is 72.4 Å². The van der Waals surface area contributed by atoms with Crippen molar-refractivity contribution in [1.82, 2.24) is 0 Å². The number of hydrogen-bond acceptors (Lipinski definition) is 2. The van der Waals surface area contributed by atoms with Gasteiger partial charge in [0.1, 0.15) is 0 Å². The molecule has 2 aromatic carbocycles. The first-order valence-electron chi connectivity index (χ1n) is 11.0. The van der Waals surface area contributed by atoms with Gasteiger partial charge in [-0.15, -0.1) is 0 Å². The highest BCUT2D eigenvalue weighted by atomic mass is 16.3. The predicted octanol–water partition coefficient (Wildman–Crippen LogP) is 5.00. The van der Waals surface area contributed by atoms with Crippen molar-refractivity contribution >= 4 is 0 Å². The molecule has 0 heterocycles. The number of aryl methyl sites for hydroxylation is 1. The van der Waals surface area contributed by atoms with Gasteiger partial charge in [-0.1, -0.05) is 55.8 Å². The molecule has 0 aliphatic heterocycles. The maximum Gasteiger partial charge on any atom is 0.230 e. The Hall–Kier alpha value is -2.15. The van der Waals surface area contributed by atoms with E-state index < -0.39 is 12.2 Å². The zero-order chi connectivity index (χ0) is 20.4. The lowest BCUT2D eigenvalue weighted by Gasteiger charge is -2.26. The standard InChI is InChI=1S/C26H31NO2/c1-3-17-8-6-9-18(14-17)15-22-23(27-2)16-25(29)26(22)21-12-7-11-20-19(21)10-4-5-13-24(20)28/h6-9,11-12,14,22-26,28-29H,3-5,10,13,15-16H2,1H3/t22?,23-,24?,25-,26?/m1/s1. The summed E-state index contributed by atoms with van der Waals surface area (Å²) in [5.41, 5.74) is 5.99. The second-order valence-corrected chi connectivity index (χ2v) is 8.74. The van der Waals surface area contributed by atoms with E-state index in [0.29, 0.717) is 6.42 Å². The van der Waals surface area contributed by atoms with Crippen molar-refractivity contribution in [3.05, 3.63) is 81.7 Å². The quantitative estimate of drug-likeness (QED) is 0.571. The number of benzene rings is 2. The number of rotatable bonds is 4. The van der Waals surface area contributed by atoms with E-state index in [9.17, 15) is 10.2 Å². The highest BCUT2D eigenvalue weighted by molar-refractivity contribution is 5.42. The molecule has 152 valence electrons. The van der Waals surface area contributed by atoms with Gasteiger partial charge in [0.15, 0.2) is 0 Å². The third-order valence-electron chi connectivity index (χ3n) is 7.01. The average molecular weight is 390 g/mol. The lowest BCUT2D eigenvalue weighted by atomic mass is 9.78. The van der Waals surface area contributed by atoms with Gasteiger partial charge in [-0.05, 0) is 59.9 Å². The maximum absolute atomic E-state index is 11.0. The molecular formula is C26H31NO2. The number of aliphatic hydroxyl groups is 2. The van der Waals surface area contributed by atoms with E-state index in [2.05, 4.69) is 42.1 Å². The Labute approximate surface area is 174 Å². The van der Waals surface area contributed by atoms with Crippen molar-refractivity contribution in [2.24, 2.45) is 5.92 Å². The molecule has 0 amide bonds. The fourth-order valence-electron chi connectivity index (χ4n) is 5.52. The molecule has 3 nitrogen and oxygen atoms in total. The van der Waals surface area contributed by atoms with Gasteiger partial charge < -0.3 is 15.1 Å². The van der Waals surface area contributed by atoms with E-state index >= 15 is 0 Å². The molecule has 0 spiro atoms. The zero-order valence-electron chi connectivity index (χ0n) is 17.2. The SMILES string of the molecule is [C-]#[N+][C@@H]1C[C@@H](O)C(c2cccc3c2CCCCC3O)C1Cc1cccc(CC)c1. The fourth-order valence-corrected chi connectivity index (χ4v) is 5.52. The Morgan fingerprint density at radius 2 is 1.79 bits per heavy atom. The van der Waals surface area contributed by atoms with E-state index in [1.165, 1.54) is 22.3 Å². The van der Waals surface area contributed by atoms with Gasteiger partial charge in [0.05, 0.1) is 12.2 Å². The van der Waals surface area contributed by atoms with Crippen molar-refractivity contribution < 1.29 is 10.2 Å². The van der Waals surface area contributed by atoms with Crippen molar-refractivity contribution in [3.63, 3.8) is 0 Å². The first kappa shape index (κ1) is 20.1. The third kappa shape index (κ3) is 3.97. The van der Waals surface area contributed by atoms with Crippen molar-refractivity contribution in [3.8, 4) is 0 Å². The summed E-state index contributed by atoms with van der Waals surface area (Å²) in [7, 11) is 0. The van der Waals surface area contributed by atoms with Crippen molar-refractivity contribution in [1.29, 1.82) is 0 Å². The molecule has 0 radical (unpaired) electrons. The molecule has 0 aromatic heterocycles. The summed E-state index contributed by atoms with van der Waals surface area (Å²) < 4.78 is 0. The Morgan fingerprint density at radius 3 is 2.59 bits per heavy atom. The van der Waals surface area contributed by atoms with Crippen LogP contribution in [-0.2, 0) is 19.3 Å². The van der Waals surface area contributed by atoms with Crippen LogP contribution in [0.25, 0.3) is 4.85 Å². The summed E-state index contributed by atoms with van der Waals surface area (Å²) in [5.74, 6) is 0.0566. The van der Waals surface area contributed by atoms with Crippen LogP contribution in [0.15, 0.2) is 42.5 Å². The van der Waals surface area contributed by atoms with Gasteiger partial charge in [-0.3, -0.25) is 0 Å². The number of aliphatic hydroxyl groups excluding tert-OH is 2. The molecule has 2 aliphatic rings. The summed E-state index contributed by atoms with van der Waals surface area (Å²) >= 11 is 0. The molecule has 1 saturated carbocycles. The van der Waals surface area contributed by atoms with Crippen LogP contribution in [0, 0.1) is 12.5 Å². The number of fused-ring (bicyclic) bond motifs is 1. The van der Waals surface area contributed by atoms with Crippen LogP contribution in [0.5, 0.6) is 0 Å². The second-order valence-electron chi connectivity index (χ2n) is 8.74. The van der Waals surface area contributed by atoms with Crippen molar-refractivity contribution in [2.75, 3.05) is 0 Å². The molecule has 4 rings (SSSR count). The summed E-state index contributed by atoms with van der Waals surface area (Å²) in [5, 5.41) is 21.6. The summed E-state index contributed by atoms with van der Waals surface area (Å²) in [4.78, 5) is 3.92. The molecular weight excluding hydrogens is 358 g/mol. The lowest BCUT2D eigenvalue weighted by Crippen LogP contribution is -2.23. The Morgan fingerprint density at radius 1 is 1.03 bits per heavy atom. The third-order valence-corrected chi connectivity index (χ3v) is 7.01. The van der Waals surface area contributed by atoms with Gasteiger partial charge >= 0.3 is 0 Å². The van der Waals surface area contributed by atoms with Gasteiger partial charge in [0.25, 0.3) is 0 Å². The van der Waals surface area contributed by atoms with E-state index in [4.69, 9.17) is 6.57 Å². The molecule has 3 unspecified atom stereocenters. The molecule has 1 fully saturated rings. The first-order valence-corrected chi connectivity index (χ1v) is 11.0. The Kier molecular flexibility index (Phi) is 6.04. The van der Waals surface area contributed by atoms with Gasteiger partial charge in [-0.25, -0.2) is 6.57 Å². The minimum absolute atomic E-state index is 0.0420. The largest absolute Gasteiger partial charge is 0.392 e. The van der Waals surface area contributed by atoms with Gasteiger partial charge in [-0.2, -0.15) is 0 Å². The zero-order valence-corrected chi connectivity index (χ0v) is 17.2. The van der Waals surface area contributed by atoms with Crippen LogP contribution in [0.2, 0.25) is 0 Å². The minimum atomic E-state index is -0.500. The molecule has 5 atom stereocenters. The molecule has 2 N–H and O–H groups in total. The summed E-state index contributed by atoms with van der Waals surface area (Å²) in [6, 6.07) is 14.7. The first-order chi connectivity index (χ1) is 14.1. The molecule has 0 saturated heterocycles.